The van der Waals surface area contributed by atoms with E-state index in [9.17, 15) is 0 Å². The van der Waals surface area contributed by atoms with E-state index in [4.69, 9.17) is 0 Å². The molecule has 102 valence electrons. The Bertz CT molecular complexity index is 521. The van der Waals surface area contributed by atoms with Crippen LogP contribution in [-0.4, -0.2) is 0 Å². The number of fused-ring (bicyclic) bond motifs is 3. The van der Waals surface area contributed by atoms with E-state index in [1.165, 1.54) is 31.2 Å². The Morgan fingerprint density at radius 2 is 2.05 bits per heavy atom. The Labute approximate surface area is 117 Å². The van der Waals surface area contributed by atoms with Gasteiger partial charge in [0.2, 0.25) is 0 Å². The van der Waals surface area contributed by atoms with Crippen molar-refractivity contribution < 1.29 is 0 Å². The summed E-state index contributed by atoms with van der Waals surface area (Å²) in [6.45, 7) is 9.38. The molecule has 0 N–H and O–H groups in total. The molecule has 0 nitrogen and oxygen atoms in total. The van der Waals surface area contributed by atoms with Gasteiger partial charge in [-0.3, -0.25) is 0 Å². The molecular weight excluding hydrogens is 228 g/mol. The van der Waals surface area contributed by atoms with Gasteiger partial charge in [-0.15, -0.1) is 0 Å². The lowest BCUT2D eigenvalue weighted by Crippen LogP contribution is -2.38. The number of rotatable bonds is 1. The Balaban J connectivity index is 2.05. The second kappa shape index (κ2) is 4.51. The maximum atomic E-state index is 2.49. The van der Waals surface area contributed by atoms with Gasteiger partial charge >= 0.3 is 0 Å². The van der Waals surface area contributed by atoms with Crippen molar-refractivity contribution in [3.63, 3.8) is 0 Å². The summed E-state index contributed by atoms with van der Waals surface area (Å²) >= 11 is 0. The molecule has 0 saturated carbocycles. The smallest absolute Gasteiger partial charge is 0.000663 e. The van der Waals surface area contributed by atoms with E-state index < -0.39 is 0 Å². The predicted octanol–water partition coefficient (Wildman–Crippen LogP) is 5.37. The highest BCUT2D eigenvalue weighted by Gasteiger charge is 2.41. The van der Waals surface area contributed by atoms with Gasteiger partial charge in [-0.05, 0) is 66.5 Å². The zero-order valence-corrected chi connectivity index (χ0v) is 12.8. The van der Waals surface area contributed by atoms with Gasteiger partial charge in [0.15, 0.2) is 0 Å². The summed E-state index contributed by atoms with van der Waals surface area (Å²) in [4.78, 5) is 0. The third-order valence-electron chi connectivity index (χ3n) is 5.52. The van der Waals surface area contributed by atoms with Crippen molar-refractivity contribution in [1.82, 2.24) is 0 Å². The van der Waals surface area contributed by atoms with E-state index >= 15 is 0 Å². The molecule has 0 aliphatic heterocycles. The molecule has 0 radical (unpaired) electrons. The summed E-state index contributed by atoms with van der Waals surface area (Å²) in [6.07, 6.45) is 7.67. The van der Waals surface area contributed by atoms with Crippen LogP contribution in [0.3, 0.4) is 0 Å². The summed E-state index contributed by atoms with van der Waals surface area (Å²) in [6, 6.07) is 7.28. The first kappa shape index (κ1) is 13.0. The molecule has 0 saturated heterocycles. The van der Waals surface area contributed by atoms with Crippen molar-refractivity contribution in [1.29, 1.82) is 0 Å². The lowest BCUT2D eigenvalue weighted by atomic mass is 9.59. The fraction of sp³-hybridized carbons (Fsp3) is 0.579. The van der Waals surface area contributed by atoms with E-state index in [1.54, 1.807) is 16.7 Å². The minimum Gasteiger partial charge on any atom is -0.0847 e. The van der Waals surface area contributed by atoms with E-state index in [0.717, 1.165) is 5.92 Å². The number of allylic oxidation sites excluding steroid dienone is 2. The average molecular weight is 254 g/mol. The molecule has 3 rings (SSSR count). The molecule has 2 atom stereocenters. The van der Waals surface area contributed by atoms with Crippen LogP contribution in [0.25, 0.3) is 0 Å². The summed E-state index contributed by atoms with van der Waals surface area (Å²) < 4.78 is 0. The van der Waals surface area contributed by atoms with Gasteiger partial charge in [0.05, 0.1) is 0 Å². The molecule has 2 aliphatic carbocycles. The van der Waals surface area contributed by atoms with Crippen LogP contribution in [0, 0.1) is 5.92 Å². The molecule has 0 fully saturated rings. The highest BCUT2D eigenvalue weighted by molar-refractivity contribution is 5.42. The third kappa shape index (κ3) is 2.06. The Hall–Kier alpha value is -1.04. The first-order valence-electron chi connectivity index (χ1n) is 7.79. The molecule has 1 aromatic rings. The molecule has 19 heavy (non-hydrogen) atoms. The third-order valence-corrected chi connectivity index (χ3v) is 5.52. The van der Waals surface area contributed by atoms with E-state index in [-0.39, 0.29) is 0 Å². The van der Waals surface area contributed by atoms with E-state index in [2.05, 4.69) is 52.0 Å². The number of hydrogen-bond acceptors (Lipinski definition) is 0. The molecule has 0 aromatic heterocycles. The summed E-state index contributed by atoms with van der Waals surface area (Å²) in [7, 11) is 0. The molecule has 1 aromatic carbocycles. The molecule has 0 bridgehead atoms. The van der Waals surface area contributed by atoms with Crippen LogP contribution in [0.5, 0.6) is 0 Å². The molecule has 2 unspecified atom stereocenters. The Morgan fingerprint density at radius 3 is 2.79 bits per heavy atom. The first-order chi connectivity index (χ1) is 9.00. The van der Waals surface area contributed by atoms with Crippen LogP contribution < -0.4 is 0 Å². The van der Waals surface area contributed by atoms with Crippen molar-refractivity contribution in [2.45, 2.75) is 64.7 Å². The molecule has 0 spiro atoms. The lowest BCUT2D eigenvalue weighted by molar-refractivity contribution is 0.241. The van der Waals surface area contributed by atoms with E-state index in [0.29, 0.717) is 11.3 Å². The standard InChI is InChI=1S/C19H26/c1-13(2)15-6-8-18-16(12-15)5-7-17-11-14(3)9-10-19(17,18)4/h6,8-9,12-13,17H,5,7,10-11H2,1-4H3. The highest BCUT2D eigenvalue weighted by atomic mass is 14.4. The van der Waals surface area contributed by atoms with E-state index in [1.807, 2.05) is 0 Å². The SMILES string of the molecule is CC1=CCC2(C)c3ccc(C(C)C)cc3CCC2C1. The van der Waals surface area contributed by atoms with Crippen molar-refractivity contribution in [3.05, 3.63) is 46.5 Å². The largest absolute Gasteiger partial charge is 0.0847 e. The summed E-state index contributed by atoms with van der Waals surface area (Å²) in [5, 5.41) is 0. The molecule has 0 heterocycles. The topological polar surface area (TPSA) is 0 Å². The summed E-state index contributed by atoms with van der Waals surface area (Å²) in [5.74, 6) is 1.50. The van der Waals surface area contributed by atoms with Crippen LogP contribution in [0.1, 0.15) is 69.6 Å². The van der Waals surface area contributed by atoms with Gasteiger partial charge in [-0.25, -0.2) is 0 Å². The maximum Gasteiger partial charge on any atom is -0.000663 e. The van der Waals surface area contributed by atoms with Crippen LogP contribution in [0.2, 0.25) is 0 Å². The predicted molar refractivity (Wildman–Crippen MR) is 82.7 cm³/mol. The Morgan fingerprint density at radius 1 is 1.26 bits per heavy atom. The van der Waals surface area contributed by atoms with Crippen molar-refractivity contribution >= 4 is 0 Å². The monoisotopic (exact) mass is 254 g/mol. The van der Waals surface area contributed by atoms with Gasteiger partial charge < -0.3 is 0 Å². The average Bonchev–Trinajstić information content (AvgIpc) is 2.39. The minimum absolute atomic E-state index is 0.391. The molecule has 0 amide bonds. The second-order valence-corrected chi connectivity index (χ2v) is 7.18. The lowest BCUT2D eigenvalue weighted by Gasteiger charge is -2.46. The molecule has 0 heteroatoms. The van der Waals surface area contributed by atoms with Crippen LogP contribution >= 0.6 is 0 Å². The Kier molecular flexibility index (Phi) is 3.08. The second-order valence-electron chi connectivity index (χ2n) is 7.18. The first-order valence-corrected chi connectivity index (χ1v) is 7.79. The summed E-state index contributed by atoms with van der Waals surface area (Å²) in [5.41, 5.74) is 6.76. The van der Waals surface area contributed by atoms with Crippen LogP contribution in [-0.2, 0) is 11.8 Å². The minimum atomic E-state index is 0.391. The fourth-order valence-electron chi connectivity index (χ4n) is 4.07. The number of hydrogen-bond donors (Lipinski definition) is 0. The van der Waals surface area contributed by atoms with Gasteiger partial charge in [-0.1, -0.05) is 50.6 Å². The zero-order chi connectivity index (χ0) is 13.6. The van der Waals surface area contributed by atoms with Crippen molar-refractivity contribution in [3.8, 4) is 0 Å². The highest BCUT2D eigenvalue weighted by Crippen LogP contribution is 2.49. The van der Waals surface area contributed by atoms with Crippen LogP contribution in [0.4, 0.5) is 0 Å². The molecular formula is C19H26. The van der Waals surface area contributed by atoms with Crippen molar-refractivity contribution in [2.24, 2.45) is 5.92 Å². The normalized spacial score (nSPS) is 29.7. The molecule has 2 aliphatic rings. The van der Waals surface area contributed by atoms with Crippen LogP contribution in [0.15, 0.2) is 29.8 Å². The van der Waals surface area contributed by atoms with Gasteiger partial charge in [-0.2, -0.15) is 0 Å². The van der Waals surface area contributed by atoms with Gasteiger partial charge in [0, 0.05) is 0 Å². The quantitative estimate of drug-likeness (QED) is 0.591. The number of aryl methyl sites for hydroxylation is 1. The van der Waals surface area contributed by atoms with Gasteiger partial charge in [0.25, 0.3) is 0 Å². The van der Waals surface area contributed by atoms with Gasteiger partial charge in [0.1, 0.15) is 0 Å². The zero-order valence-electron chi connectivity index (χ0n) is 12.8. The fourth-order valence-corrected chi connectivity index (χ4v) is 4.07. The maximum absolute atomic E-state index is 2.49. The number of benzene rings is 1. The van der Waals surface area contributed by atoms with Crippen molar-refractivity contribution in [2.75, 3.05) is 0 Å².